The van der Waals surface area contributed by atoms with Crippen LogP contribution >= 0.6 is 0 Å². The molecule has 0 radical (unpaired) electrons. The van der Waals surface area contributed by atoms with E-state index in [-0.39, 0.29) is 18.6 Å². The number of piperazine rings is 1. The Morgan fingerprint density at radius 3 is 2.39 bits per heavy atom. The van der Waals surface area contributed by atoms with Gasteiger partial charge in [-0.3, -0.25) is 14.8 Å². The smallest absolute Gasteiger partial charge is 0.410 e. The van der Waals surface area contributed by atoms with Crippen LogP contribution in [-0.2, 0) is 9.53 Å². The van der Waals surface area contributed by atoms with E-state index in [4.69, 9.17) is 9.47 Å². The van der Waals surface area contributed by atoms with Crippen molar-refractivity contribution >= 4 is 23.9 Å². The normalized spacial score (nSPS) is 18.8. The van der Waals surface area contributed by atoms with Crippen LogP contribution in [0, 0.1) is 0 Å². The highest BCUT2D eigenvalue weighted by Gasteiger charge is 2.28. The molecule has 3 aliphatic heterocycles. The fourth-order valence-corrected chi connectivity index (χ4v) is 4.41. The molecule has 2 aromatic rings. The molecule has 1 saturated heterocycles. The molecule has 1 fully saturated rings. The average molecular weight is 514 g/mol. The molecule has 0 spiro atoms. The fourth-order valence-electron chi connectivity index (χ4n) is 4.41. The van der Waals surface area contributed by atoms with Crippen LogP contribution in [0.4, 0.5) is 4.79 Å². The predicted octanol–water partition coefficient (Wildman–Crippen LogP) is 4.15. The van der Waals surface area contributed by atoms with Gasteiger partial charge in [0.2, 0.25) is 0 Å². The van der Waals surface area contributed by atoms with Crippen molar-refractivity contribution < 1.29 is 19.1 Å². The van der Waals surface area contributed by atoms with Crippen molar-refractivity contribution in [1.29, 1.82) is 0 Å². The molecule has 2 amide bonds. The standard InChI is InChI=1S/C29H31N5O4/c1-29(2,3)38-28(36)33-18-16-32(17-19-33)26(35)20-37-22-10-8-21(9-11-22)34-15-5-7-25(34)27-23(12-14-31-27)24-6-4-13-30-24/h4-15H,16-20H2,1-3H3. The number of aromatic nitrogens is 1. The number of ether oxygens (including phenoxy) is 2. The lowest BCUT2D eigenvalue weighted by Crippen LogP contribution is -2.52. The van der Waals surface area contributed by atoms with Crippen molar-refractivity contribution in [2.24, 2.45) is 9.98 Å². The summed E-state index contributed by atoms with van der Waals surface area (Å²) in [5.41, 5.74) is 4.12. The number of hydrogen-bond acceptors (Lipinski definition) is 6. The van der Waals surface area contributed by atoms with E-state index in [0.29, 0.717) is 31.9 Å². The minimum absolute atomic E-state index is 0.0615. The fraction of sp³-hybridized carbons (Fsp3) is 0.310. The number of benzene rings is 1. The minimum Gasteiger partial charge on any atom is -0.484 e. The van der Waals surface area contributed by atoms with Crippen LogP contribution in [0.5, 0.6) is 5.75 Å². The van der Waals surface area contributed by atoms with Crippen LogP contribution in [0.1, 0.15) is 26.5 Å². The zero-order valence-electron chi connectivity index (χ0n) is 21.8. The number of hydrogen-bond donors (Lipinski definition) is 0. The monoisotopic (exact) mass is 513 g/mol. The lowest BCUT2D eigenvalue weighted by molar-refractivity contribution is -0.135. The number of rotatable bonds is 5. The third-order valence-electron chi connectivity index (χ3n) is 6.28. The van der Waals surface area contributed by atoms with Gasteiger partial charge in [-0.2, -0.15) is 0 Å². The van der Waals surface area contributed by atoms with E-state index in [9.17, 15) is 9.59 Å². The second-order valence-corrected chi connectivity index (χ2v) is 10.1. The van der Waals surface area contributed by atoms with Crippen LogP contribution in [0.25, 0.3) is 5.69 Å². The molecule has 0 saturated carbocycles. The Morgan fingerprint density at radius 2 is 1.71 bits per heavy atom. The van der Waals surface area contributed by atoms with Gasteiger partial charge in [0, 0.05) is 56.1 Å². The Morgan fingerprint density at radius 1 is 0.974 bits per heavy atom. The van der Waals surface area contributed by atoms with E-state index >= 15 is 0 Å². The van der Waals surface area contributed by atoms with E-state index in [0.717, 1.165) is 28.4 Å². The number of carbonyl (C=O) groups excluding carboxylic acids is 2. The highest BCUT2D eigenvalue weighted by Crippen LogP contribution is 2.26. The first-order chi connectivity index (χ1) is 18.3. The molecular formula is C29H31N5O4. The summed E-state index contributed by atoms with van der Waals surface area (Å²) in [5, 5.41) is 0. The maximum absolute atomic E-state index is 12.7. The molecule has 3 aliphatic rings. The second-order valence-electron chi connectivity index (χ2n) is 10.1. The quantitative estimate of drug-likeness (QED) is 0.601. The van der Waals surface area contributed by atoms with E-state index in [1.807, 2.05) is 81.6 Å². The van der Waals surface area contributed by atoms with Crippen LogP contribution in [0.3, 0.4) is 0 Å². The number of nitrogens with zero attached hydrogens (tertiary/aromatic N) is 5. The van der Waals surface area contributed by atoms with Crippen molar-refractivity contribution in [1.82, 2.24) is 14.4 Å². The zero-order chi connectivity index (χ0) is 26.7. The summed E-state index contributed by atoms with van der Waals surface area (Å²) < 4.78 is 13.3. The summed E-state index contributed by atoms with van der Waals surface area (Å²) in [4.78, 5) is 37.3. The number of aliphatic imine (C=N–C) groups is 2. The lowest BCUT2D eigenvalue weighted by atomic mass is 10.1. The summed E-state index contributed by atoms with van der Waals surface area (Å²) in [6.45, 7) is 7.24. The molecule has 1 aromatic carbocycles. The Balaban J connectivity index is 1.16. The highest BCUT2D eigenvalue weighted by molar-refractivity contribution is 6.16. The Kier molecular flexibility index (Phi) is 7.00. The molecule has 4 heterocycles. The molecule has 9 heteroatoms. The van der Waals surface area contributed by atoms with Gasteiger partial charge in [0.25, 0.3) is 5.91 Å². The van der Waals surface area contributed by atoms with Crippen molar-refractivity contribution in [3.63, 3.8) is 0 Å². The maximum atomic E-state index is 12.7. The van der Waals surface area contributed by atoms with Crippen molar-refractivity contribution in [2.75, 3.05) is 32.8 Å². The summed E-state index contributed by atoms with van der Waals surface area (Å²) >= 11 is 0. The van der Waals surface area contributed by atoms with Gasteiger partial charge in [0.15, 0.2) is 6.61 Å². The number of amides is 2. The van der Waals surface area contributed by atoms with Gasteiger partial charge >= 0.3 is 6.09 Å². The van der Waals surface area contributed by atoms with Gasteiger partial charge in [0.1, 0.15) is 11.4 Å². The molecule has 5 rings (SSSR count). The topological polar surface area (TPSA) is 88.7 Å². The van der Waals surface area contributed by atoms with E-state index in [1.165, 1.54) is 0 Å². The van der Waals surface area contributed by atoms with Crippen LogP contribution in [-0.4, -0.2) is 76.7 Å². The Labute approximate surface area is 222 Å². The summed E-state index contributed by atoms with van der Waals surface area (Å²) in [6, 6.07) is 11.6. The Bertz CT molecular complexity index is 1350. The third kappa shape index (κ3) is 5.61. The molecular weight excluding hydrogens is 482 g/mol. The van der Waals surface area contributed by atoms with Crippen LogP contribution < -0.4 is 4.74 Å². The van der Waals surface area contributed by atoms with Gasteiger partial charge in [0.05, 0.1) is 17.1 Å². The van der Waals surface area contributed by atoms with Gasteiger partial charge in [-0.1, -0.05) is 0 Å². The average Bonchev–Trinajstić information content (AvgIpc) is 3.67. The molecule has 0 N–H and O–H groups in total. The highest BCUT2D eigenvalue weighted by atomic mass is 16.6. The first-order valence-corrected chi connectivity index (χ1v) is 12.6. The molecule has 196 valence electrons. The van der Waals surface area contributed by atoms with E-state index in [1.54, 1.807) is 22.2 Å². The third-order valence-corrected chi connectivity index (χ3v) is 6.28. The molecule has 0 unspecified atom stereocenters. The molecule has 9 nitrogen and oxygen atoms in total. The van der Waals surface area contributed by atoms with Crippen LogP contribution in [0.15, 0.2) is 88.3 Å². The molecule has 0 bridgehead atoms. The lowest BCUT2D eigenvalue weighted by Gasteiger charge is -2.35. The van der Waals surface area contributed by atoms with Gasteiger partial charge in [-0.25, -0.2) is 4.79 Å². The largest absolute Gasteiger partial charge is 0.484 e. The van der Waals surface area contributed by atoms with Gasteiger partial charge in [-0.15, -0.1) is 0 Å². The predicted molar refractivity (Wildman–Crippen MR) is 146 cm³/mol. The molecule has 0 atom stereocenters. The molecule has 1 aromatic heterocycles. The SMILES string of the molecule is CC(C)(C)OC(=O)N1CCN(C(=O)COc2ccc(-n3cccc3C3=NC=CC3=C3C=CC=N3)cc2)CC1. The van der Waals surface area contributed by atoms with Gasteiger partial charge in [-0.05, 0) is 75.4 Å². The van der Waals surface area contributed by atoms with Crippen LogP contribution in [0.2, 0.25) is 0 Å². The number of carbonyl (C=O) groups is 2. The zero-order valence-corrected chi connectivity index (χ0v) is 21.8. The van der Waals surface area contributed by atoms with Gasteiger partial charge < -0.3 is 23.8 Å². The van der Waals surface area contributed by atoms with Crippen molar-refractivity contribution in [3.05, 3.63) is 84.0 Å². The maximum Gasteiger partial charge on any atom is 0.410 e. The Hall–Kier alpha value is -4.40. The molecule has 38 heavy (non-hydrogen) atoms. The van der Waals surface area contributed by atoms with Crippen molar-refractivity contribution in [3.8, 4) is 11.4 Å². The molecule has 0 aliphatic carbocycles. The first kappa shape index (κ1) is 25.3. The van der Waals surface area contributed by atoms with Crippen molar-refractivity contribution in [2.45, 2.75) is 26.4 Å². The van der Waals surface area contributed by atoms with E-state index in [2.05, 4.69) is 14.6 Å². The summed E-state index contributed by atoms with van der Waals surface area (Å²) in [6.07, 6.45) is 11.1. The summed E-state index contributed by atoms with van der Waals surface area (Å²) in [7, 11) is 0. The minimum atomic E-state index is -0.541. The number of allylic oxidation sites excluding steroid dienone is 4. The second kappa shape index (κ2) is 10.5. The van der Waals surface area contributed by atoms with E-state index < -0.39 is 5.60 Å². The first-order valence-electron chi connectivity index (χ1n) is 12.6. The summed E-state index contributed by atoms with van der Waals surface area (Å²) in [5.74, 6) is 0.498.